The number of hydrogen-bond acceptors (Lipinski definition) is 5. The zero-order chi connectivity index (χ0) is 24.4. The molecule has 2 aromatic carbocycles. The van der Waals surface area contributed by atoms with Gasteiger partial charge in [-0.1, -0.05) is 25.5 Å². The van der Waals surface area contributed by atoms with Gasteiger partial charge in [-0.3, -0.25) is 9.59 Å². The van der Waals surface area contributed by atoms with E-state index in [1.807, 2.05) is 16.3 Å². The Kier molecular flexibility index (Phi) is 6.72. The highest BCUT2D eigenvalue weighted by Gasteiger charge is 2.34. The van der Waals surface area contributed by atoms with E-state index in [1.54, 1.807) is 46.6 Å². The molecule has 2 aliphatic heterocycles. The molecule has 2 aliphatic rings. The first-order valence-corrected chi connectivity index (χ1v) is 12.7. The molecule has 1 unspecified atom stereocenters. The summed E-state index contributed by atoms with van der Waals surface area (Å²) in [4.78, 5) is 31.8. The summed E-state index contributed by atoms with van der Waals surface area (Å²) in [5.41, 5.74) is 2.40. The molecule has 5 rings (SSSR count). The van der Waals surface area contributed by atoms with E-state index in [4.69, 9.17) is 9.47 Å². The second-order valence-corrected chi connectivity index (χ2v) is 9.74. The van der Waals surface area contributed by atoms with Gasteiger partial charge < -0.3 is 19.3 Å². The number of halogens is 1. The fourth-order valence-corrected chi connectivity index (χ4v) is 5.56. The number of unbranched alkanes of at least 4 members (excludes halogenated alkanes) is 1. The Labute approximate surface area is 207 Å². The summed E-state index contributed by atoms with van der Waals surface area (Å²) < 4.78 is 24.4. The minimum Gasteiger partial charge on any atom is -0.454 e. The zero-order valence-electron chi connectivity index (χ0n) is 19.5. The van der Waals surface area contributed by atoms with Crippen molar-refractivity contribution < 1.29 is 23.5 Å². The van der Waals surface area contributed by atoms with Gasteiger partial charge in [0, 0.05) is 23.5 Å². The Morgan fingerprint density at radius 2 is 1.91 bits per heavy atom. The molecule has 0 fully saturated rings. The quantitative estimate of drug-likeness (QED) is 0.462. The maximum atomic E-state index is 13.7. The van der Waals surface area contributed by atoms with Gasteiger partial charge in [0.2, 0.25) is 12.7 Å². The molecule has 1 atom stereocenters. The molecule has 0 N–H and O–H groups in total. The molecule has 0 saturated carbocycles. The van der Waals surface area contributed by atoms with E-state index in [9.17, 15) is 14.0 Å². The second kappa shape index (κ2) is 10.1. The van der Waals surface area contributed by atoms with Crippen molar-refractivity contribution >= 4 is 23.2 Å². The number of nitrogens with zero attached hydrogens (tertiary/aromatic N) is 2. The third-order valence-corrected chi connectivity index (χ3v) is 7.48. The van der Waals surface area contributed by atoms with E-state index >= 15 is 0 Å². The fourth-order valence-electron chi connectivity index (χ4n) is 4.66. The van der Waals surface area contributed by atoms with Gasteiger partial charge in [0.1, 0.15) is 12.4 Å². The van der Waals surface area contributed by atoms with Gasteiger partial charge in [0.25, 0.3) is 5.91 Å². The van der Waals surface area contributed by atoms with Crippen molar-refractivity contribution in [2.75, 3.05) is 26.4 Å². The number of rotatable bonds is 7. The Morgan fingerprint density at radius 1 is 1.11 bits per heavy atom. The number of fused-ring (bicyclic) bond motifs is 2. The van der Waals surface area contributed by atoms with E-state index < -0.39 is 0 Å². The first-order chi connectivity index (χ1) is 17.0. The summed E-state index contributed by atoms with van der Waals surface area (Å²) in [7, 11) is 0. The maximum absolute atomic E-state index is 13.7. The van der Waals surface area contributed by atoms with Crippen molar-refractivity contribution in [1.82, 2.24) is 9.80 Å². The number of hydrogen-bond donors (Lipinski definition) is 0. The minimum atomic E-state index is -0.312. The number of amides is 2. The number of carbonyl (C=O) groups is 2. The van der Waals surface area contributed by atoms with Crippen molar-refractivity contribution in [3.63, 3.8) is 0 Å². The van der Waals surface area contributed by atoms with Gasteiger partial charge in [-0.2, -0.15) is 0 Å². The van der Waals surface area contributed by atoms with Crippen LogP contribution in [-0.4, -0.2) is 48.0 Å². The summed E-state index contributed by atoms with van der Waals surface area (Å²) >= 11 is 1.68. The molecule has 0 bridgehead atoms. The van der Waals surface area contributed by atoms with Gasteiger partial charge in [-0.05, 0) is 65.7 Å². The average molecular weight is 495 g/mol. The fraction of sp³-hybridized carbons (Fsp3) is 0.333. The number of ether oxygens (including phenoxy) is 2. The van der Waals surface area contributed by atoms with Crippen molar-refractivity contribution in [2.45, 2.75) is 32.2 Å². The largest absolute Gasteiger partial charge is 0.454 e. The monoisotopic (exact) mass is 494 g/mol. The lowest BCUT2D eigenvalue weighted by Crippen LogP contribution is -2.47. The number of thiophene rings is 1. The molecule has 8 heteroatoms. The Morgan fingerprint density at radius 3 is 2.71 bits per heavy atom. The molecular formula is C27H27FN2O4S. The normalized spacial score (nSPS) is 16.2. The molecule has 0 saturated heterocycles. The lowest BCUT2D eigenvalue weighted by molar-refractivity contribution is -0.134. The van der Waals surface area contributed by atoms with Crippen LogP contribution in [0, 0.1) is 5.82 Å². The van der Waals surface area contributed by atoms with E-state index in [-0.39, 0.29) is 37.0 Å². The van der Waals surface area contributed by atoms with E-state index in [2.05, 4.69) is 6.92 Å². The average Bonchev–Trinajstić information content (AvgIpc) is 3.55. The van der Waals surface area contributed by atoms with Crippen LogP contribution >= 0.6 is 11.3 Å². The van der Waals surface area contributed by atoms with Crippen LogP contribution < -0.4 is 9.47 Å². The minimum absolute atomic E-state index is 0.0234. The summed E-state index contributed by atoms with van der Waals surface area (Å²) in [6.45, 7) is 3.20. The predicted octanol–water partition coefficient (Wildman–Crippen LogP) is 5.03. The Bertz CT molecular complexity index is 1230. The summed E-state index contributed by atoms with van der Waals surface area (Å²) in [6, 6.07) is 13.2. The molecule has 0 aliphatic carbocycles. The third kappa shape index (κ3) is 4.75. The topological polar surface area (TPSA) is 59.1 Å². The SMILES string of the molecule is CCCCN(CC(=O)N1CCc2sccc2C1c1ccc(F)cc1)C(=O)c1ccc2c(c1)OCO2. The molecule has 0 radical (unpaired) electrons. The second-order valence-electron chi connectivity index (χ2n) is 8.74. The third-order valence-electron chi connectivity index (χ3n) is 6.49. The molecule has 6 nitrogen and oxygen atoms in total. The van der Waals surface area contributed by atoms with Crippen molar-refractivity contribution in [3.8, 4) is 11.5 Å². The number of carbonyl (C=O) groups excluding carboxylic acids is 2. The highest BCUT2D eigenvalue weighted by molar-refractivity contribution is 7.10. The lowest BCUT2D eigenvalue weighted by atomic mass is 9.93. The lowest BCUT2D eigenvalue weighted by Gasteiger charge is -2.37. The van der Waals surface area contributed by atoms with Gasteiger partial charge in [-0.25, -0.2) is 4.39 Å². The molecule has 1 aromatic heterocycles. The first-order valence-electron chi connectivity index (χ1n) is 11.8. The van der Waals surface area contributed by atoms with Gasteiger partial charge >= 0.3 is 0 Å². The molecule has 35 heavy (non-hydrogen) atoms. The van der Waals surface area contributed by atoms with Crippen LogP contribution in [0.25, 0.3) is 0 Å². The first kappa shape index (κ1) is 23.4. The smallest absolute Gasteiger partial charge is 0.254 e. The van der Waals surface area contributed by atoms with Crippen molar-refractivity contribution in [1.29, 1.82) is 0 Å². The van der Waals surface area contributed by atoms with E-state index in [1.165, 1.54) is 17.0 Å². The van der Waals surface area contributed by atoms with E-state index in [0.29, 0.717) is 30.2 Å². The zero-order valence-corrected chi connectivity index (χ0v) is 20.4. The predicted molar refractivity (Wildman–Crippen MR) is 131 cm³/mol. The standard InChI is InChI=1S/C27H27FN2O4S/c1-2-3-12-29(27(32)19-6-9-22-23(15-19)34-17-33-22)16-25(31)30-13-10-24-21(11-14-35-24)26(30)18-4-7-20(28)8-5-18/h4-9,11,14-15,26H,2-3,10,12-13,16-17H2,1H3. The van der Waals surface area contributed by atoms with Crippen LogP contribution in [0.1, 0.15) is 52.2 Å². The van der Waals surface area contributed by atoms with E-state index in [0.717, 1.165) is 30.4 Å². The molecular weight excluding hydrogens is 467 g/mol. The summed E-state index contributed by atoms with van der Waals surface area (Å²) in [6.07, 6.45) is 2.46. The summed E-state index contributed by atoms with van der Waals surface area (Å²) in [5.74, 6) is 0.501. The Balaban J connectivity index is 1.40. The summed E-state index contributed by atoms with van der Waals surface area (Å²) in [5, 5.41) is 2.03. The molecule has 182 valence electrons. The van der Waals surface area contributed by atoms with Crippen LogP contribution in [0.4, 0.5) is 4.39 Å². The van der Waals surface area contributed by atoms with Gasteiger partial charge in [0.05, 0.1) is 6.04 Å². The molecule has 2 amide bonds. The highest BCUT2D eigenvalue weighted by atomic mass is 32.1. The molecule has 3 aromatic rings. The molecule has 0 spiro atoms. The van der Waals surface area contributed by atoms with Crippen LogP contribution in [0.3, 0.4) is 0 Å². The highest BCUT2D eigenvalue weighted by Crippen LogP contribution is 2.38. The van der Waals surface area contributed by atoms with Gasteiger partial charge in [-0.15, -0.1) is 11.3 Å². The van der Waals surface area contributed by atoms with Crippen LogP contribution in [-0.2, 0) is 11.2 Å². The maximum Gasteiger partial charge on any atom is 0.254 e. The van der Waals surface area contributed by atoms with Crippen molar-refractivity contribution in [2.24, 2.45) is 0 Å². The molecule has 3 heterocycles. The van der Waals surface area contributed by atoms with Crippen LogP contribution in [0.15, 0.2) is 53.9 Å². The van der Waals surface area contributed by atoms with Crippen LogP contribution in [0.5, 0.6) is 11.5 Å². The van der Waals surface area contributed by atoms with Crippen molar-refractivity contribution in [3.05, 3.63) is 81.3 Å². The van der Waals surface area contributed by atoms with Gasteiger partial charge in [0.15, 0.2) is 11.5 Å². The Hall–Kier alpha value is -3.39. The van der Waals surface area contributed by atoms with Crippen LogP contribution in [0.2, 0.25) is 0 Å². The number of benzene rings is 2.